The van der Waals surface area contributed by atoms with Crippen molar-refractivity contribution in [3.63, 3.8) is 0 Å². The third kappa shape index (κ3) is 8.02. The molecule has 0 atom stereocenters. The fourth-order valence-corrected chi connectivity index (χ4v) is 5.08. The molecule has 5 aromatic rings. The summed E-state index contributed by atoms with van der Waals surface area (Å²) in [7, 11) is 0. The van der Waals surface area contributed by atoms with Gasteiger partial charge in [-0.25, -0.2) is 0 Å². The first-order chi connectivity index (χ1) is 21.7. The SMILES string of the molecule is C=C/C=C\C=C/Cc1cccc(N(c2ccc(N/C=C/c3ccccc3/C=C\C)cc2)c2cccc(-c3ccccc3)c2)c1. The molecule has 2 nitrogen and oxygen atoms in total. The maximum atomic E-state index is 3.74. The topological polar surface area (TPSA) is 15.3 Å². The van der Waals surface area contributed by atoms with Crippen LogP contribution in [0.15, 0.2) is 177 Å². The van der Waals surface area contributed by atoms with E-state index in [0.717, 1.165) is 29.2 Å². The van der Waals surface area contributed by atoms with E-state index in [1.807, 2.05) is 25.3 Å². The van der Waals surface area contributed by atoms with Crippen LogP contribution in [0.2, 0.25) is 0 Å². The van der Waals surface area contributed by atoms with Crippen molar-refractivity contribution in [3.05, 3.63) is 193 Å². The molecular weight excluding hydrogens is 532 g/mol. The summed E-state index contributed by atoms with van der Waals surface area (Å²) in [5.41, 5.74) is 10.3. The molecule has 0 unspecified atom stereocenters. The monoisotopic (exact) mass is 570 g/mol. The van der Waals surface area contributed by atoms with Gasteiger partial charge >= 0.3 is 0 Å². The summed E-state index contributed by atoms with van der Waals surface area (Å²) in [5, 5.41) is 3.44. The van der Waals surface area contributed by atoms with Crippen molar-refractivity contribution < 1.29 is 0 Å². The average Bonchev–Trinajstić information content (AvgIpc) is 3.07. The maximum absolute atomic E-state index is 3.74. The van der Waals surface area contributed by atoms with Crippen LogP contribution >= 0.6 is 0 Å². The van der Waals surface area contributed by atoms with E-state index in [1.54, 1.807) is 6.08 Å². The lowest BCUT2D eigenvalue weighted by molar-refractivity contribution is 1.23. The highest BCUT2D eigenvalue weighted by atomic mass is 15.1. The molecule has 44 heavy (non-hydrogen) atoms. The number of rotatable bonds is 12. The molecule has 0 saturated carbocycles. The minimum absolute atomic E-state index is 0.847. The summed E-state index contributed by atoms with van der Waals surface area (Å²) >= 11 is 0. The average molecular weight is 571 g/mol. The number of hydrogen-bond donors (Lipinski definition) is 1. The molecule has 0 spiro atoms. The number of allylic oxidation sites excluding steroid dienone is 6. The van der Waals surface area contributed by atoms with E-state index in [0.29, 0.717) is 0 Å². The minimum Gasteiger partial charge on any atom is -0.362 e. The smallest absolute Gasteiger partial charge is 0.0467 e. The summed E-state index contributed by atoms with van der Waals surface area (Å²) in [4.78, 5) is 2.32. The van der Waals surface area contributed by atoms with E-state index in [9.17, 15) is 0 Å². The minimum atomic E-state index is 0.847. The van der Waals surface area contributed by atoms with Crippen LogP contribution in [0.4, 0.5) is 22.7 Å². The molecule has 0 bridgehead atoms. The maximum Gasteiger partial charge on any atom is 0.0467 e. The van der Waals surface area contributed by atoms with Crippen LogP contribution < -0.4 is 10.2 Å². The summed E-state index contributed by atoms with van der Waals surface area (Å²) in [6.07, 6.45) is 19.1. The van der Waals surface area contributed by atoms with Crippen molar-refractivity contribution in [3.8, 4) is 11.1 Å². The number of anilines is 4. The summed E-state index contributed by atoms with van der Waals surface area (Å²) in [5.74, 6) is 0. The van der Waals surface area contributed by atoms with Crippen LogP contribution in [-0.2, 0) is 6.42 Å². The Balaban J connectivity index is 1.45. The number of nitrogens with zero attached hydrogens (tertiary/aromatic N) is 1. The van der Waals surface area contributed by atoms with E-state index in [-0.39, 0.29) is 0 Å². The molecule has 0 aliphatic heterocycles. The van der Waals surface area contributed by atoms with Crippen LogP contribution in [0, 0.1) is 0 Å². The fourth-order valence-electron chi connectivity index (χ4n) is 5.08. The Morgan fingerprint density at radius 2 is 1.30 bits per heavy atom. The van der Waals surface area contributed by atoms with E-state index in [2.05, 4.69) is 175 Å². The predicted molar refractivity (Wildman–Crippen MR) is 193 cm³/mol. The van der Waals surface area contributed by atoms with Gasteiger partial charge in [0.15, 0.2) is 0 Å². The van der Waals surface area contributed by atoms with Gasteiger partial charge in [-0.15, -0.1) is 0 Å². The van der Waals surface area contributed by atoms with Crippen molar-refractivity contribution in [1.29, 1.82) is 0 Å². The van der Waals surface area contributed by atoms with Crippen LogP contribution in [-0.4, -0.2) is 0 Å². The Hall–Kier alpha value is -5.60. The summed E-state index contributed by atoms with van der Waals surface area (Å²) in [6, 6.07) is 45.0. The Labute approximate surface area is 262 Å². The van der Waals surface area contributed by atoms with Gasteiger partial charge in [0, 0.05) is 28.9 Å². The molecule has 1 N–H and O–H groups in total. The van der Waals surface area contributed by atoms with Gasteiger partial charge in [0.2, 0.25) is 0 Å². The van der Waals surface area contributed by atoms with Crippen molar-refractivity contribution in [2.75, 3.05) is 10.2 Å². The second-order valence-corrected chi connectivity index (χ2v) is 10.3. The second-order valence-electron chi connectivity index (χ2n) is 10.3. The van der Waals surface area contributed by atoms with Gasteiger partial charge in [-0.05, 0) is 95.8 Å². The molecule has 0 saturated heterocycles. The normalized spacial score (nSPS) is 11.6. The van der Waals surface area contributed by atoms with Crippen molar-refractivity contribution in [1.82, 2.24) is 0 Å². The highest BCUT2D eigenvalue weighted by Gasteiger charge is 2.14. The molecule has 0 fully saturated rings. The van der Waals surface area contributed by atoms with Gasteiger partial charge < -0.3 is 10.2 Å². The van der Waals surface area contributed by atoms with Crippen LogP contribution in [0.1, 0.15) is 23.6 Å². The van der Waals surface area contributed by atoms with Crippen LogP contribution in [0.3, 0.4) is 0 Å². The first-order valence-corrected chi connectivity index (χ1v) is 15.0. The Bertz CT molecular complexity index is 1770. The lowest BCUT2D eigenvalue weighted by Gasteiger charge is -2.26. The lowest BCUT2D eigenvalue weighted by Crippen LogP contribution is -2.10. The highest BCUT2D eigenvalue weighted by molar-refractivity contribution is 5.81. The zero-order chi connectivity index (χ0) is 30.4. The molecule has 0 aliphatic carbocycles. The van der Waals surface area contributed by atoms with Gasteiger partial charge in [0.05, 0.1) is 0 Å². The van der Waals surface area contributed by atoms with Crippen molar-refractivity contribution >= 4 is 34.9 Å². The molecular formula is C42H38N2. The van der Waals surface area contributed by atoms with Gasteiger partial charge in [-0.2, -0.15) is 0 Å². The molecule has 0 aromatic heterocycles. The molecule has 5 aromatic carbocycles. The highest BCUT2D eigenvalue weighted by Crippen LogP contribution is 2.37. The summed E-state index contributed by atoms with van der Waals surface area (Å²) in [6.45, 7) is 5.78. The predicted octanol–water partition coefficient (Wildman–Crippen LogP) is 11.8. The molecule has 0 amide bonds. The quantitative estimate of drug-likeness (QED) is 0.150. The van der Waals surface area contributed by atoms with Gasteiger partial charge in [-0.3, -0.25) is 0 Å². The molecule has 5 rings (SSSR count). The van der Waals surface area contributed by atoms with Gasteiger partial charge in [0.25, 0.3) is 0 Å². The Morgan fingerprint density at radius 3 is 2.05 bits per heavy atom. The third-order valence-electron chi connectivity index (χ3n) is 7.21. The first-order valence-electron chi connectivity index (χ1n) is 15.0. The van der Waals surface area contributed by atoms with Gasteiger partial charge in [-0.1, -0.05) is 128 Å². The standard InChI is InChI=1S/C42H38N2/c1-3-5-6-7-9-17-34-18-14-24-41(32-34)44(42-25-15-23-38(33-42)36-19-10-8-11-20-36)40-28-26-39(27-29-40)43-31-30-37-22-13-12-21-35(37)16-4-2/h3-16,18-33,43H,1,17H2,2H3/b6-5-,9-7-,16-4-,31-30+. The molecule has 2 heteroatoms. The van der Waals surface area contributed by atoms with Crippen LogP contribution in [0.5, 0.6) is 0 Å². The Kier molecular flexibility index (Phi) is 10.6. The van der Waals surface area contributed by atoms with Gasteiger partial charge in [0.1, 0.15) is 0 Å². The van der Waals surface area contributed by atoms with Crippen molar-refractivity contribution in [2.24, 2.45) is 0 Å². The second kappa shape index (κ2) is 15.6. The van der Waals surface area contributed by atoms with E-state index in [1.165, 1.54) is 27.8 Å². The van der Waals surface area contributed by atoms with E-state index in [4.69, 9.17) is 0 Å². The molecule has 0 aliphatic rings. The van der Waals surface area contributed by atoms with E-state index >= 15 is 0 Å². The number of hydrogen-bond acceptors (Lipinski definition) is 2. The van der Waals surface area contributed by atoms with Crippen molar-refractivity contribution in [2.45, 2.75) is 13.3 Å². The molecule has 216 valence electrons. The number of nitrogens with one attached hydrogen (secondary N) is 1. The lowest BCUT2D eigenvalue weighted by atomic mass is 10.0. The summed E-state index contributed by atoms with van der Waals surface area (Å²) < 4.78 is 0. The zero-order valence-corrected chi connectivity index (χ0v) is 25.2. The first kappa shape index (κ1) is 29.9. The number of benzene rings is 5. The molecule has 0 radical (unpaired) electrons. The fraction of sp³-hybridized carbons (Fsp3) is 0.0476. The van der Waals surface area contributed by atoms with Crippen LogP contribution in [0.25, 0.3) is 23.3 Å². The third-order valence-corrected chi connectivity index (χ3v) is 7.21. The largest absolute Gasteiger partial charge is 0.362 e. The zero-order valence-electron chi connectivity index (χ0n) is 25.2. The molecule has 0 heterocycles. The van der Waals surface area contributed by atoms with E-state index < -0.39 is 0 Å². The Morgan fingerprint density at radius 1 is 0.614 bits per heavy atom.